The summed E-state index contributed by atoms with van der Waals surface area (Å²) < 4.78 is 5.64. The molecule has 0 heterocycles. The van der Waals surface area contributed by atoms with Crippen LogP contribution in [0.3, 0.4) is 0 Å². The van der Waals surface area contributed by atoms with Crippen molar-refractivity contribution in [3.05, 3.63) is 71.8 Å². The first kappa shape index (κ1) is 14.5. The lowest BCUT2D eigenvalue weighted by Gasteiger charge is -2.06. The molecule has 0 fully saturated rings. The molecule has 0 aliphatic heterocycles. The number of aliphatic carboxylic acids is 1. The number of rotatable bonds is 5. The lowest BCUT2D eigenvalue weighted by atomic mass is 10.1. The van der Waals surface area contributed by atoms with E-state index >= 15 is 0 Å². The Morgan fingerprint density at radius 2 is 1.43 bits per heavy atom. The number of aryl methyl sites for hydroxylation is 1. The van der Waals surface area contributed by atoms with Crippen LogP contribution in [0.1, 0.15) is 15.9 Å². The quantitative estimate of drug-likeness (QED) is 0.672. The Hall–Kier alpha value is -2.88. The number of carbonyl (C=O) groups excluding carboxylic acids is 1. The maximum absolute atomic E-state index is 11.7. The maximum Gasteiger partial charge on any atom is 0.328 e. The van der Waals surface area contributed by atoms with Crippen molar-refractivity contribution < 1.29 is 19.4 Å². The third-order valence-electron chi connectivity index (χ3n) is 2.77. The number of ether oxygens (including phenoxy) is 1. The van der Waals surface area contributed by atoms with Crippen LogP contribution < -0.4 is 4.74 Å². The van der Waals surface area contributed by atoms with Gasteiger partial charge >= 0.3 is 5.97 Å². The largest absolute Gasteiger partial charge is 0.478 e. The van der Waals surface area contributed by atoms with Crippen LogP contribution in [0, 0.1) is 6.92 Å². The van der Waals surface area contributed by atoms with E-state index in [2.05, 4.69) is 0 Å². The van der Waals surface area contributed by atoms with Gasteiger partial charge in [0.25, 0.3) is 0 Å². The highest BCUT2D eigenvalue weighted by Gasteiger charge is 2.03. The van der Waals surface area contributed by atoms with Gasteiger partial charge in [0, 0.05) is 11.6 Å². The van der Waals surface area contributed by atoms with Crippen LogP contribution >= 0.6 is 0 Å². The van der Waals surface area contributed by atoms with Crippen LogP contribution in [0.4, 0.5) is 0 Å². The third-order valence-corrected chi connectivity index (χ3v) is 2.77. The zero-order valence-electron chi connectivity index (χ0n) is 11.4. The highest BCUT2D eigenvalue weighted by molar-refractivity contribution is 6.06. The molecular formula is C17H14O4. The van der Waals surface area contributed by atoms with Crippen LogP contribution in [0.5, 0.6) is 11.5 Å². The molecule has 0 aliphatic rings. The SMILES string of the molecule is Cc1ccc(Oc2ccc(C(=O)C=CC(=O)O)cc2)cc1. The molecule has 106 valence electrons. The normalized spacial score (nSPS) is 10.5. The standard InChI is InChI=1S/C17H14O4/c1-12-2-6-14(7-3-12)21-15-8-4-13(5-9-15)16(18)10-11-17(19)20/h2-11H,1H3,(H,19,20). The fourth-order valence-corrected chi connectivity index (χ4v) is 1.67. The van der Waals surface area contributed by atoms with Gasteiger partial charge in [-0.2, -0.15) is 0 Å². The van der Waals surface area contributed by atoms with Gasteiger partial charge in [0.15, 0.2) is 5.78 Å². The first-order valence-electron chi connectivity index (χ1n) is 6.34. The molecular weight excluding hydrogens is 268 g/mol. The molecule has 2 aromatic rings. The topological polar surface area (TPSA) is 63.6 Å². The number of carboxylic acid groups (broad SMARTS) is 1. The summed E-state index contributed by atoms with van der Waals surface area (Å²) in [6.07, 6.45) is 1.84. The highest BCUT2D eigenvalue weighted by Crippen LogP contribution is 2.22. The molecule has 21 heavy (non-hydrogen) atoms. The molecule has 4 heteroatoms. The third kappa shape index (κ3) is 4.31. The molecule has 1 N–H and O–H groups in total. The molecule has 0 unspecified atom stereocenters. The van der Waals surface area contributed by atoms with Gasteiger partial charge in [-0.15, -0.1) is 0 Å². The van der Waals surface area contributed by atoms with Crippen LogP contribution in [0.25, 0.3) is 0 Å². The number of benzene rings is 2. The highest BCUT2D eigenvalue weighted by atomic mass is 16.5. The van der Waals surface area contributed by atoms with E-state index in [0.29, 0.717) is 17.1 Å². The molecule has 0 radical (unpaired) electrons. The van der Waals surface area contributed by atoms with E-state index in [0.717, 1.165) is 17.7 Å². The van der Waals surface area contributed by atoms with Crippen LogP contribution in [0.2, 0.25) is 0 Å². The first-order chi connectivity index (χ1) is 10.0. The average molecular weight is 282 g/mol. The van der Waals surface area contributed by atoms with Crippen molar-refractivity contribution in [2.45, 2.75) is 6.92 Å². The zero-order valence-corrected chi connectivity index (χ0v) is 11.4. The summed E-state index contributed by atoms with van der Waals surface area (Å²) in [4.78, 5) is 22.0. The molecule has 0 saturated heterocycles. The van der Waals surface area contributed by atoms with Crippen molar-refractivity contribution in [3.63, 3.8) is 0 Å². The minimum atomic E-state index is -1.15. The van der Waals surface area contributed by atoms with Crippen LogP contribution in [0.15, 0.2) is 60.7 Å². The number of allylic oxidation sites excluding steroid dienone is 1. The fraction of sp³-hybridized carbons (Fsp3) is 0.0588. The molecule has 0 aliphatic carbocycles. The zero-order chi connectivity index (χ0) is 15.2. The second-order valence-corrected chi connectivity index (χ2v) is 4.48. The lowest BCUT2D eigenvalue weighted by molar-refractivity contribution is -0.131. The molecule has 0 spiro atoms. The first-order valence-corrected chi connectivity index (χ1v) is 6.34. The Balaban J connectivity index is 2.06. The van der Waals surface area contributed by atoms with Gasteiger partial charge in [-0.3, -0.25) is 4.79 Å². The molecule has 0 bridgehead atoms. The molecule has 2 rings (SSSR count). The van der Waals surface area contributed by atoms with Crippen molar-refractivity contribution in [3.8, 4) is 11.5 Å². The van der Waals surface area contributed by atoms with E-state index in [9.17, 15) is 9.59 Å². The Labute approximate surface area is 122 Å². The van der Waals surface area contributed by atoms with Gasteiger partial charge in [-0.05, 0) is 49.4 Å². The van der Waals surface area contributed by atoms with Gasteiger partial charge < -0.3 is 9.84 Å². The number of ketones is 1. The molecule has 0 aromatic heterocycles. The monoisotopic (exact) mass is 282 g/mol. The van der Waals surface area contributed by atoms with Crippen molar-refractivity contribution in [1.82, 2.24) is 0 Å². The summed E-state index contributed by atoms with van der Waals surface area (Å²) in [5, 5.41) is 8.48. The Kier molecular flexibility index (Phi) is 4.51. The predicted octanol–water partition coefficient (Wildman–Crippen LogP) is 3.61. The van der Waals surface area contributed by atoms with E-state index in [1.807, 2.05) is 31.2 Å². The van der Waals surface area contributed by atoms with E-state index in [4.69, 9.17) is 9.84 Å². The minimum absolute atomic E-state index is 0.362. The smallest absolute Gasteiger partial charge is 0.328 e. The van der Waals surface area contributed by atoms with Crippen molar-refractivity contribution in [2.24, 2.45) is 0 Å². The Morgan fingerprint density at radius 3 is 1.95 bits per heavy atom. The van der Waals surface area contributed by atoms with E-state index in [-0.39, 0.29) is 5.78 Å². The minimum Gasteiger partial charge on any atom is -0.478 e. The Bertz CT molecular complexity index is 667. The summed E-state index contributed by atoms with van der Waals surface area (Å²) >= 11 is 0. The average Bonchev–Trinajstić information content (AvgIpc) is 2.48. The summed E-state index contributed by atoms with van der Waals surface area (Å²) in [5.74, 6) is -0.190. The molecule has 0 amide bonds. The predicted molar refractivity (Wildman–Crippen MR) is 78.8 cm³/mol. The number of carboxylic acids is 1. The van der Waals surface area contributed by atoms with Gasteiger partial charge in [0.2, 0.25) is 0 Å². The van der Waals surface area contributed by atoms with Gasteiger partial charge in [0.1, 0.15) is 11.5 Å². The summed E-state index contributed by atoms with van der Waals surface area (Å²) in [5.41, 5.74) is 1.55. The van der Waals surface area contributed by atoms with Crippen molar-refractivity contribution in [1.29, 1.82) is 0 Å². The van der Waals surface area contributed by atoms with Crippen LogP contribution in [-0.2, 0) is 4.79 Å². The van der Waals surface area contributed by atoms with Crippen LogP contribution in [-0.4, -0.2) is 16.9 Å². The molecule has 4 nitrogen and oxygen atoms in total. The molecule has 2 aromatic carbocycles. The fourth-order valence-electron chi connectivity index (χ4n) is 1.67. The second-order valence-electron chi connectivity index (χ2n) is 4.48. The molecule has 0 saturated carbocycles. The van der Waals surface area contributed by atoms with E-state index in [1.165, 1.54) is 0 Å². The van der Waals surface area contributed by atoms with E-state index in [1.54, 1.807) is 24.3 Å². The number of hydrogen-bond donors (Lipinski definition) is 1. The number of carbonyl (C=O) groups is 2. The van der Waals surface area contributed by atoms with Gasteiger partial charge in [0.05, 0.1) is 0 Å². The number of hydrogen-bond acceptors (Lipinski definition) is 3. The van der Waals surface area contributed by atoms with Crippen molar-refractivity contribution >= 4 is 11.8 Å². The Morgan fingerprint density at radius 1 is 0.905 bits per heavy atom. The summed E-state index contributed by atoms with van der Waals surface area (Å²) in [7, 11) is 0. The lowest BCUT2D eigenvalue weighted by Crippen LogP contribution is -1.96. The molecule has 0 atom stereocenters. The van der Waals surface area contributed by atoms with Gasteiger partial charge in [-0.25, -0.2) is 4.79 Å². The summed E-state index contributed by atoms with van der Waals surface area (Å²) in [6, 6.07) is 14.2. The maximum atomic E-state index is 11.7. The second kappa shape index (κ2) is 6.52. The van der Waals surface area contributed by atoms with E-state index < -0.39 is 5.97 Å². The van der Waals surface area contributed by atoms with Gasteiger partial charge in [-0.1, -0.05) is 17.7 Å². The van der Waals surface area contributed by atoms with Crippen molar-refractivity contribution in [2.75, 3.05) is 0 Å². The summed E-state index contributed by atoms with van der Waals surface area (Å²) in [6.45, 7) is 1.99.